The zero-order valence-corrected chi connectivity index (χ0v) is 47.9. The van der Waals surface area contributed by atoms with Crippen molar-refractivity contribution in [2.75, 3.05) is 14.7 Å². The maximum absolute atomic E-state index is 2.99. The minimum Gasteiger partial charge on any atom is -0.335 e. The second-order valence-electron chi connectivity index (χ2n) is 27.6. The molecule has 6 aliphatic rings. The minimum atomic E-state index is -1.78. The second kappa shape index (κ2) is 15.9. The fourth-order valence-electron chi connectivity index (χ4n) is 15.6. The van der Waals surface area contributed by atoms with Crippen molar-refractivity contribution < 1.29 is 0 Å². The van der Waals surface area contributed by atoms with E-state index in [1.54, 1.807) is 10.8 Å². The van der Waals surface area contributed by atoms with Crippen LogP contribution >= 0.6 is 0 Å². The lowest BCUT2D eigenvalue weighted by Crippen LogP contribution is -2.65. The fraction of sp³-hybridized carbons (Fsp3) is 0.391. The molecule has 0 bridgehead atoms. The summed E-state index contributed by atoms with van der Waals surface area (Å²) in [6, 6.07) is 55.8. The van der Waals surface area contributed by atoms with E-state index in [1.807, 2.05) is 0 Å². The van der Waals surface area contributed by atoms with Gasteiger partial charge in [0.15, 0.2) is 0 Å². The van der Waals surface area contributed by atoms with Crippen LogP contribution in [-0.4, -0.2) is 25.9 Å². The highest BCUT2D eigenvalue weighted by Crippen LogP contribution is 2.65. The third-order valence-electron chi connectivity index (χ3n) is 20.4. The summed E-state index contributed by atoms with van der Waals surface area (Å²) >= 11 is 0. The molecule has 2 fully saturated rings. The van der Waals surface area contributed by atoms with Crippen LogP contribution in [0.25, 0.3) is 22.3 Å². The van der Waals surface area contributed by atoms with Gasteiger partial charge >= 0.3 is 0 Å². The molecule has 2 saturated carbocycles. The van der Waals surface area contributed by atoms with Gasteiger partial charge in [-0.2, -0.15) is 0 Å². The molecule has 13 rings (SSSR count). The van der Waals surface area contributed by atoms with Crippen molar-refractivity contribution in [2.45, 2.75) is 173 Å². The summed E-state index contributed by atoms with van der Waals surface area (Å²) in [6.45, 7) is 32.6. The highest BCUT2D eigenvalue weighted by Gasteiger charge is 2.63. The molecule has 2 aliphatic carbocycles. The van der Waals surface area contributed by atoms with Crippen molar-refractivity contribution in [3.05, 3.63) is 162 Å². The first-order chi connectivity index (χ1) is 35.1. The first-order valence-electron chi connectivity index (χ1n) is 28.4. The topological polar surface area (TPSA) is 9.72 Å². The Kier molecular flexibility index (Phi) is 10.3. The van der Waals surface area contributed by atoms with Crippen molar-refractivity contribution in [1.82, 2.24) is 0 Å². The van der Waals surface area contributed by atoms with E-state index in [9.17, 15) is 0 Å². The van der Waals surface area contributed by atoms with Gasteiger partial charge in [0.1, 0.15) is 0 Å². The highest BCUT2D eigenvalue weighted by atomic mass is 28.3. The lowest BCUT2D eigenvalue weighted by molar-refractivity contribution is 0.194. The first-order valence-corrected chi connectivity index (χ1v) is 31.9. The van der Waals surface area contributed by atoms with Gasteiger partial charge in [-0.25, -0.2) is 0 Å². The van der Waals surface area contributed by atoms with E-state index < -0.39 is 8.07 Å². The molecule has 376 valence electrons. The first kappa shape index (κ1) is 47.9. The molecule has 0 radical (unpaired) electrons. The predicted molar refractivity (Wildman–Crippen MR) is 323 cm³/mol. The SMILES string of the molecule is CC(C)(C)c1ccc2c(c1)B1c3cc([Si](C)(C)C)cc4c3N(c3cc(N5c6ccc(-c7ccccc7)cc6C6(C)CCCCC56C)cc(c31)N2c1ccc(C(C)(C)C)cc1-c1ccccc1)C1(C)CCCCC41C. The quantitative estimate of drug-likeness (QED) is 0.159. The lowest BCUT2D eigenvalue weighted by Gasteiger charge is -2.54. The van der Waals surface area contributed by atoms with Crippen molar-refractivity contribution in [3.8, 4) is 22.3 Å². The van der Waals surface area contributed by atoms with Crippen molar-refractivity contribution in [2.24, 2.45) is 0 Å². The largest absolute Gasteiger partial charge is 0.335 e. The number of rotatable bonds is 5. The molecule has 74 heavy (non-hydrogen) atoms. The van der Waals surface area contributed by atoms with Gasteiger partial charge in [0.25, 0.3) is 6.71 Å². The summed E-state index contributed by atoms with van der Waals surface area (Å²) in [5, 5.41) is 1.59. The molecule has 4 unspecified atom stereocenters. The van der Waals surface area contributed by atoms with Crippen LogP contribution in [0.1, 0.15) is 143 Å². The van der Waals surface area contributed by atoms with Gasteiger partial charge in [-0.3, -0.25) is 0 Å². The molecule has 5 heteroatoms. The Balaban J connectivity index is 1.17. The Bertz CT molecular complexity index is 3450. The van der Waals surface area contributed by atoms with Crippen LogP contribution in [-0.2, 0) is 21.7 Å². The van der Waals surface area contributed by atoms with E-state index >= 15 is 0 Å². The molecule has 4 atom stereocenters. The monoisotopic (exact) mass is 988 g/mol. The highest BCUT2D eigenvalue weighted by molar-refractivity contribution is 7.01. The zero-order chi connectivity index (χ0) is 51.7. The summed E-state index contributed by atoms with van der Waals surface area (Å²) in [6.07, 6.45) is 9.73. The number of nitrogens with zero attached hydrogens (tertiary/aromatic N) is 3. The molecule has 7 aromatic carbocycles. The van der Waals surface area contributed by atoms with Crippen molar-refractivity contribution in [3.63, 3.8) is 0 Å². The Morgan fingerprint density at radius 2 is 1.01 bits per heavy atom. The average molecular weight is 988 g/mol. The molecule has 0 spiro atoms. The maximum atomic E-state index is 2.99. The normalized spacial score (nSPS) is 24.5. The molecule has 3 nitrogen and oxygen atoms in total. The van der Waals surface area contributed by atoms with Gasteiger partial charge in [-0.05, 0) is 148 Å². The van der Waals surface area contributed by atoms with E-state index in [2.05, 4.69) is 243 Å². The molecule has 0 saturated heterocycles. The van der Waals surface area contributed by atoms with Gasteiger partial charge in [-0.15, -0.1) is 0 Å². The summed E-state index contributed by atoms with van der Waals surface area (Å²) in [4.78, 5) is 8.61. The zero-order valence-electron chi connectivity index (χ0n) is 46.9. The number of fused-ring (bicyclic) bond motifs is 10. The van der Waals surface area contributed by atoms with Crippen LogP contribution in [0.2, 0.25) is 19.6 Å². The van der Waals surface area contributed by atoms with Gasteiger partial charge < -0.3 is 14.7 Å². The van der Waals surface area contributed by atoms with Crippen LogP contribution in [0.5, 0.6) is 0 Å². The molecular weight excluding hydrogens is 910 g/mol. The second-order valence-corrected chi connectivity index (χ2v) is 32.7. The Morgan fingerprint density at radius 1 is 0.459 bits per heavy atom. The molecule has 0 aromatic heterocycles. The third kappa shape index (κ3) is 6.56. The van der Waals surface area contributed by atoms with Gasteiger partial charge in [-0.1, -0.05) is 203 Å². The molecule has 0 amide bonds. The maximum Gasteiger partial charge on any atom is 0.252 e. The summed E-state index contributed by atoms with van der Waals surface area (Å²) in [5.41, 5.74) is 24.6. The Hall–Kier alpha value is -5.78. The van der Waals surface area contributed by atoms with E-state index in [0.29, 0.717) is 0 Å². The minimum absolute atomic E-state index is 0.00240. The van der Waals surface area contributed by atoms with Gasteiger partial charge in [0.2, 0.25) is 0 Å². The Labute approximate surface area is 445 Å². The van der Waals surface area contributed by atoms with Crippen LogP contribution in [0, 0.1) is 0 Å². The molecule has 4 heterocycles. The molecular formula is C69H78BN3Si. The molecule has 0 N–H and O–H groups in total. The summed E-state index contributed by atoms with van der Waals surface area (Å²) in [5.74, 6) is 0. The van der Waals surface area contributed by atoms with E-state index in [4.69, 9.17) is 0 Å². The predicted octanol–water partition coefficient (Wildman–Crippen LogP) is 16.3. The van der Waals surface area contributed by atoms with E-state index in [1.165, 1.54) is 140 Å². The smallest absolute Gasteiger partial charge is 0.252 e. The number of benzene rings is 7. The van der Waals surface area contributed by atoms with Crippen LogP contribution in [0.15, 0.2) is 140 Å². The van der Waals surface area contributed by atoms with Gasteiger partial charge in [0.05, 0.1) is 24.8 Å². The number of hydrogen-bond acceptors (Lipinski definition) is 3. The molecule has 7 aromatic rings. The van der Waals surface area contributed by atoms with E-state index in [0.717, 1.165) is 6.42 Å². The standard InChI is InChI=1S/C69H78BN3Si/c1-64(2,3)48-29-32-57(52(39-48)46-26-18-15-19-27-46)71-59-33-30-49(65(4,5)6)40-55(59)70-56-44-51(74(11,12)13)43-54-63(56)73(69(10)37-23-21-35-67(54,69)8)61-42-50(41-60(71)62(61)70)72-58-31-28-47(45-24-16-14-17-25-45)38-53(58)66(7)34-20-22-36-68(66,72)9/h14-19,24-33,38-44H,20-23,34-37H2,1-13H3. The van der Waals surface area contributed by atoms with Gasteiger partial charge in [0, 0.05) is 50.5 Å². The van der Waals surface area contributed by atoms with Crippen LogP contribution < -0.4 is 36.3 Å². The summed E-state index contributed by atoms with van der Waals surface area (Å²) < 4.78 is 0. The third-order valence-corrected chi connectivity index (χ3v) is 22.4. The molecule has 4 aliphatic heterocycles. The number of hydrogen-bond donors (Lipinski definition) is 0. The number of anilines is 7. The summed E-state index contributed by atoms with van der Waals surface area (Å²) in [7, 11) is -1.78. The van der Waals surface area contributed by atoms with Crippen molar-refractivity contribution >= 4 is 76.2 Å². The van der Waals surface area contributed by atoms with Crippen molar-refractivity contribution in [1.29, 1.82) is 0 Å². The van der Waals surface area contributed by atoms with E-state index in [-0.39, 0.29) is 39.5 Å². The average Bonchev–Trinajstić information content (AvgIpc) is 3.72. The fourth-order valence-corrected chi connectivity index (χ4v) is 16.8. The van der Waals surface area contributed by atoms with Crippen LogP contribution in [0.3, 0.4) is 0 Å². The van der Waals surface area contributed by atoms with Crippen LogP contribution in [0.4, 0.5) is 39.8 Å². The Morgan fingerprint density at radius 3 is 1.65 bits per heavy atom. The lowest BCUT2D eigenvalue weighted by atomic mass is 9.33.